The lowest BCUT2D eigenvalue weighted by molar-refractivity contribution is -0.0833. The van der Waals surface area contributed by atoms with E-state index in [1.54, 1.807) is 0 Å². The minimum absolute atomic E-state index is 0.306. The Balaban J connectivity index is 1.77. The molecule has 0 N–H and O–H groups in total. The molecule has 5 heterocycles. The molecule has 5 aliphatic heterocycles. The molecule has 3 unspecified atom stereocenters. The Morgan fingerprint density at radius 2 is 1.81 bits per heavy atom. The third-order valence-electron chi connectivity index (χ3n) is 5.48. The predicted molar refractivity (Wildman–Crippen MR) is 62.4 cm³/mol. The highest BCUT2D eigenvalue weighted by Gasteiger charge is 2.70. The van der Waals surface area contributed by atoms with Crippen molar-refractivity contribution in [1.82, 2.24) is 9.80 Å². The molecule has 0 aromatic heterocycles. The van der Waals surface area contributed by atoms with Crippen molar-refractivity contribution in [3.8, 4) is 0 Å². The minimum Gasteiger partial charge on any atom is -0.368 e. The maximum atomic E-state index is 6.03. The van der Waals surface area contributed by atoms with E-state index < -0.39 is 0 Å². The molecule has 16 heavy (non-hydrogen) atoms. The fourth-order valence-corrected chi connectivity index (χ4v) is 4.80. The van der Waals surface area contributed by atoms with Crippen LogP contribution in [0.3, 0.4) is 0 Å². The molecule has 5 aliphatic rings. The van der Waals surface area contributed by atoms with Gasteiger partial charge in [-0.1, -0.05) is 13.3 Å². The molecule has 3 heteroatoms. The fraction of sp³-hybridized carbons (Fsp3) is 1.00. The van der Waals surface area contributed by atoms with Gasteiger partial charge in [-0.3, -0.25) is 0 Å². The summed E-state index contributed by atoms with van der Waals surface area (Å²) in [4.78, 5) is 5.42. The largest absolute Gasteiger partial charge is 0.368 e. The summed E-state index contributed by atoms with van der Waals surface area (Å²) in [5.41, 5.74) is 0.778. The van der Waals surface area contributed by atoms with Gasteiger partial charge in [-0.25, -0.2) is 0 Å². The van der Waals surface area contributed by atoms with Crippen LogP contribution in [-0.4, -0.2) is 61.3 Å². The van der Waals surface area contributed by atoms with E-state index in [9.17, 15) is 0 Å². The maximum absolute atomic E-state index is 6.03. The molecule has 5 rings (SSSR count). The molecule has 0 amide bonds. The van der Waals surface area contributed by atoms with E-state index in [2.05, 4.69) is 16.7 Å². The first-order valence-electron chi connectivity index (χ1n) is 6.87. The molecule has 5 saturated heterocycles. The first-order chi connectivity index (χ1) is 7.78. The van der Waals surface area contributed by atoms with E-state index in [0.717, 1.165) is 12.5 Å². The first-order valence-corrected chi connectivity index (χ1v) is 6.87. The number of ether oxygens (including phenoxy) is 1. The molecule has 5 fully saturated rings. The Hall–Kier alpha value is -0.120. The second-order valence-corrected chi connectivity index (χ2v) is 6.38. The Morgan fingerprint density at radius 3 is 2.31 bits per heavy atom. The molecule has 0 aromatic carbocycles. The van der Waals surface area contributed by atoms with E-state index in [4.69, 9.17) is 4.74 Å². The van der Waals surface area contributed by atoms with Crippen molar-refractivity contribution in [1.29, 1.82) is 0 Å². The van der Waals surface area contributed by atoms with Crippen LogP contribution < -0.4 is 0 Å². The topological polar surface area (TPSA) is 19.0 Å². The van der Waals surface area contributed by atoms with Crippen LogP contribution >= 0.6 is 0 Å². The van der Waals surface area contributed by atoms with E-state index in [1.807, 2.05) is 0 Å². The number of hydrogen-bond acceptors (Lipinski definition) is 3. The van der Waals surface area contributed by atoms with Crippen molar-refractivity contribution in [2.24, 2.45) is 11.3 Å². The lowest BCUT2D eigenvalue weighted by atomic mass is 9.61. The van der Waals surface area contributed by atoms with Gasteiger partial charge in [-0.15, -0.1) is 0 Å². The number of rotatable bonds is 2. The van der Waals surface area contributed by atoms with Gasteiger partial charge >= 0.3 is 0 Å². The molecule has 0 aromatic rings. The van der Waals surface area contributed by atoms with Crippen LogP contribution in [0.4, 0.5) is 0 Å². The van der Waals surface area contributed by atoms with Crippen LogP contribution in [0.5, 0.6) is 0 Å². The summed E-state index contributed by atoms with van der Waals surface area (Å²) < 4.78 is 6.03. The standard InChI is InChI=1S/C13H22N2O/c1-2-3-12-8-14-4-5-15(9-12)7-11(6-14)13(12)10-16-13/h11H,2-10H2,1H3. The van der Waals surface area contributed by atoms with Crippen molar-refractivity contribution >= 4 is 0 Å². The second-order valence-electron chi connectivity index (χ2n) is 6.38. The van der Waals surface area contributed by atoms with Crippen molar-refractivity contribution in [3.63, 3.8) is 0 Å². The SMILES string of the molecule is CCCC12CN3CCN(CC(C3)C13CO3)C2. The Morgan fingerprint density at radius 1 is 1.19 bits per heavy atom. The Labute approximate surface area is 97.7 Å². The highest BCUT2D eigenvalue weighted by molar-refractivity contribution is 5.20. The normalized spacial score (nSPS) is 57.9. The van der Waals surface area contributed by atoms with Crippen LogP contribution in [0.1, 0.15) is 19.8 Å². The van der Waals surface area contributed by atoms with Gasteiger partial charge in [0.1, 0.15) is 5.60 Å². The fourth-order valence-electron chi connectivity index (χ4n) is 4.80. The van der Waals surface area contributed by atoms with Crippen LogP contribution in [0, 0.1) is 11.3 Å². The number of epoxide rings is 1. The average molecular weight is 222 g/mol. The quantitative estimate of drug-likeness (QED) is 0.644. The van der Waals surface area contributed by atoms with Crippen molar-refractivity contribution in [2.75, 3.05) is 45.9 Å². The lowest BCUT2D eigenvalue weighted by Crippen LogP contribution is -2.65. The summed E-state index contributed by atoms with van der Waals surface area (Å²) in [5, 5.41) is 0. The van der Waals surface area contributed by atoms with Gasteiger partial charge in [0.05, 0.1) is 6.61 Å². The molecule has 0 aliphatic carbocycles. The van der Waals surface area contributed by atoms with Gasteiger partial charge in [0.15, 0.2) is 0 Å². The molecule has 0 radical (unpaired) electrons. The van der Waals surface area contributed by atoms with Crippen LogP contribution in [0.25, 0.3) is 0 Å². The van der Waals surface area contributed by atoms with E-state index in [1.165, 1.54) is 52.1 Å². The Bertz CT molecular complexity index is 297. The zero-order chi connectivity index (χ0) is 10.8. The predicted octanol–water partition coefficient (Wildman–Crippen LogP) is 0.803. The first kappa shape index (κ1) is 9.86. The van der Waals surface area contributed by atoms with Gasteiger partial charge in [-0.05, 0) is 6.42 Å². The summed E-state index contributed by atoms with van der Waals surface area (Å²) in [5.74, 6) is 0.795. The second kappa shape index (κ2) is 3.01. The molecule has 90 valence electrons. The molecule has 4 bridgehead atoms. The highest BCUT2D eigenvalue weighted by atomic mass is 16.6. The number of piperidine rings is 2. The third-order valence-corrected chi connectivity index (χ3v) is 5.48. The monoisotopic (exact) mass is 222 g/mol. The summed E-state index contributed by atoms with van der Waals surface area (Å²) in [7, 11) is 0. The number of nitrogens with zero attached hydrogens (tertiary/aromatic N) is 2. The molecule has 0 saturated carbocycles. The van der Waals surface area contributed by atoms with Crippen molar-refractivity contribution in [3.05, 3.63) is 0 Å². The number of fused-ring (bicyclic) bond motifs is 1. The van der Waals surface area contributed by atoms with Gasteiger partial charge in [-0.2, -0.15) is 0 Å². The zero-order valence-corrected chi connectivity index (χ0v) is 10.2. The average Bonchev–Trinajstić information content (AvgIpc) is 2.98. The number of hydrogen-bond donors (Lipinski definition) is 0. The molecular weight excluding hydrogens is 200 g/mol. The third kappa shape index (κ3) is 1.05. The molecule has 1 spiro atoms. The minimum atomic E-state index is 0.306. The molecule has 3 nitrogen and oxygen atoms in total. The zero-order valence-electron chi connectivity index (χ0n) is 10.2. The van der Waals surface area contributed by atoms with Gasteiger partial charge < -0.3 is 14.5 Å². The van der Waals surface area contributed by atoms with Gasteiger partial charge in [0, 0.05) is 50.6 Å². The smallest absolute Gasteiger partial charge is 0.105 e. The summed E-state index contributed by atoms with van der Waals surface area (Å²) >= 11 is 0. The van der Waals surface area contributed by atoms with Crippen molar-refractivity contribution < 1.29 is 4.74 Å². The summed E-state index contributed by atoms with van der Waals surface area (Å²) in [6, 6.07) is 0. The maximum Gasteiger partial charge on any atom is 0.105 e. The summed E-state index contributed by atoms with van der Waals surface area (Å²) in [6.07, 6.45) is 2.66. The molecule has 3 atom stereocenters. The van der Waals surface area contributed by atoms with Gasteiger partial charge in [0.25, 0.3) is 0 Å². The van der Waals surface area contributed by atoms with E-state index in [-0.39, 0.29) is 0 Å². The highest BCUT2D eigenvalue weighted by Crippen LogP contribution is 2.59. The Kier molecular flexibility index (Phi) is 1.85. The van der Waals surface area contributed by atoms with Crippen LogP contribution in [0.15, 0.2) is 0 Å². The lowest BCUT2D eigenvalue weighted by Gasteiger charge is -2.54. The van der Waals surface area contributed by atoms with E-state index >= 15 is 0 Å². The van der Waals surface area contributed by atoms with Crippen LogP contribution in [-0.2, 0) is 4.74 Å². The van der Waals surface area contributed by atoms with Crippen molar-refractivity contribution in [2.45, 2.75) is 25.4 Å². The van der Waals surface area contributed by atoms with Gasteiger partial charge in [0.2, 0.25) is 0 Å². The molecular formula is C13H22N2O. The van der Waals surface area contributed by atoms with Crippen LogP contribution in [0.2, 0.25) is 0 Å². The summed E-state index contributed by atoms with van der Waals surface area (Å²) in [6.45, 7) is 11.1. The van der Waals surface area contributed by atoms with E-state index in [0.29, 0.717) is 11.0 Å².